The van der Waals surface area contributed by atoms with Crippen LogP contribution in [0, 0.1) is 0 Å². The third kappa shape index (κ3) is 3.10. The summed E-state index contributed by atoms with van der Waals surface area (Å²) in [6, 6.07) is 9.14. The molecule has 0 saturated carbocycles. The van der Waals surface area contributed by atoms with E-state index in [1.807, 2.05) is 18.2 Å². The number of ether oxygens (including phenoxy) is 1. The first-order valence-corrected chi connectivity index (χ1v) is 8.25. The number of hydrogen-bond donors (Lipinski definition) is 0. The maximum absolute atomic E-state index is 11.9. The van der Waals surface area contributed by atoms with E-state index in [-0.39, 0.29) is 17.2 Å². The van der Waals surface area contributed by atoms with Crippen LogP contribution in [0.4, 0.5) is 0 Å². The molecule has 0 amide bonds. The van der Waals surface area contributed by atoms with Gasteiger partial charge in [0.05, 0.1) is 23.4 Å². The average molecular weight is 307 g/mol. The third-order valence-electron chi connectivity index (χ3n) is 3.15. The lowest BCUT2D eigenvalue weighted by Crippen LogP contribution is -2.20. The molecule has 21 heavy (non-hydrogen) atoms. The maximum Gasteiger partial charge on any atom is 0.360 e. The van der Waals surface area contributed by atoms with Gasteiger partial charge in [-0.15, -0.1) is 5.10 Å². The summed E-state index contributed by atoms with van der Waals surface area (Å²) in [6.07, 6.45) is 1.05. The summed E-state index contributed by atoms with van der Waals surface area (Å²) in [5.41, 5.74) is 0.781. The van der Waals surface area contributed by atoms with Gasteiger partial charge in [0.1, 0.15) is 6.10 Å². The quantitative estimate of drug-likeness (QED) is 0.772. The minimum absolute atomic E-state index is 0.0572. The fourth-order valence-corrected chi connectivity index (χ4v) is 3.70. The molecular formula is C13H13N3O4S. The highest BCUT2D eigenvalue weighted by Gasteiger charge is 2.31. The van der Waals surface area contributed by atoms with Crippen LogP contribution in [-0.4, -0.2) is 47.0 Å². The molecule has 0 spiro atoms. The van der Waals surface area contributed by atoms with E-state index in [0.29, 0.717) is 6.42 Å². The van der Waals surface area contributed by atoms with Crippen LogP contribution >= 0.6 is 0 Å². The average Bonchev–Trinajstić information content (AvgIpc) is 3.07. The van der Waals surface area contributed by atoms with Crippen LogP contribution in [0.25, 0.3) is 5.69 Å². The number of para-hydroxylation sites is 1. The fourth-order valence-electron chi connectivity index (χ4n) is 2.11. The van der Waals surface area contributed by atoms with E-state index < -0.39 is 21.9 Å². The normalized spacial score (nSPS) is 20.3. The second-order valence-electron chi connectivity index (χ2n) is 4.79. The minimum atomic E-state index is -3.08. The number of carbonyl (C=O) groups is 1. The Balaban J connectivity index is 1.70. The largest absolute Gasteiger partial charge is 0.456 e. The summed E-state index contributed by atoms with van der Waals surface area (Å²) in [5.74, 6) is -0.716. The highest BCUT2D eigenvalue weighted by molar-refractivity contribution is 7.91. The van der Waals surface area contributed by atoms with Crippen molar-refractivity contribution in [2.75, 3.05) is 11.5 Å². The third-order valence-corrected chi connectivity index (χ3v) is 4.89. The number of hydrogen-bond acceptors (Lipinski definition) is 6. The Morgan fingerprint density at radius 2 is 2.05 bits per heavy atom. The van der Waals surface area contributed by atoms with Gasteiger partial charge in [0.25, 0.3) is 0 Å². The van der Waals surface area contributed by atoms with E-state index in [0.717, 1.165) is 5.69 Å². The van der Waals surface area contributed by atoms with Crippen LogP contribution < -0.4 is 0 Å². The zero-order valence-electron chi connectivity index (χ0n) is 11.0. The van der Waals surface area contributed by atoms with E-state index in [2.05, 4.69) is 10.2 Å². The van der Waals surface area contributed by atoms with Crippen LogP contribution in [-0.2, 0) is 14.6 Å². The van der Waals surface area contributed by atoms with Crippen molar-refractivity contribution < 1.29 is 17.9 Å². The standard InChI is InChI=1S/C13H13N3O4S/c17-13(20-11-6-7-21(18,19)9-11)12-8-14-16(15-12)10-4-2-1-3-5-10/h1-5,8,11H,6-7,9H2/t11-/m0/s1. The molecule has 0 radical (unpaired) electrons. The molecule has 1 fully saturated rings. The Morgan fingerprint density at radius 3 is 2.71 bits per heavy atom. The molecule has 8 heteroatoms. The van der Waals surface area contributed by atoms with Gasteiger partial charge in [-0.25, -0.2) is 13.2 Å². The van der Waals surface area contributed by atoms with Crippen LogP contribution in [0.1, 0.15) is 16.9 Å². The molecular weight excluding hydrogens is 294 g/mol. The summed E-state index contributed by atoms with van der Waals surface area (Å²) in [5, 5.41) is 8.04. The highest BCUT2D eigenvalue weighted by atomic mass is 32.2. The van der Waals surface area contributed by atoms with Gasteiger partial charge in [0.2, 0.25) is 0 Å². The van der Waals surface area contributed by atoms with Crippen molar-refractivity contribution in [3.63, 3.8) is 0 Å². The number of sulfone groups is 1. The number of nitrogens with zero attached hydrogens (tertiary/aromatic N) is 3. The summed E-state index contributed by atoms with van der Waals surface area (Å²) < 4.78 is 27.8. The van der Waals surface area contributed by atoms with Gasteiger partial charge in [0, 0.05) is 0 Å². The minimum Gasteiger partial charge on any atom is -0.456 e. The smallest absolute Gasteiger partial charge is 0.360 e. The van der Waals surface area contributed by atoms with E-state index in [1.54, 1.807) is 12.1 Å². The molecule has 0 aliphatic carbocycles. The molecule has 1 aliphatic rings. The second-order valence-corrected chi connectivity index (χ2v) is 7.01. The topological polar surface area (TPSA) is 91.2 Å². The molecule has 0 bridgehead atoms. The monoisotopic (exact) mass is 307 g/mol. The molecule has 1 saturated heterocycles. The molecule has 2 heterocycles. The van der Waals surface area contributed by atoms with Crippen molar-refractivity contribution in [2.45, 2.75) is 12.5 Å². The van der Waals surface area contributed by atoms with E-state index in [4.69, 9.17) is 4.74 Å². The molecule has 1 aliphatic heterocycles. The molecule has 1 atom stereocenters. The van der Waals surface area contributed by atoms with Crippen molar-refractivity contribution >= 4 is 15.8 Å². The molecule has 110 valence electrons. The Kier molecular flexibility index (Phi) is 3.46. The van der Waals surface area contributed by atoms with Crippen LogP contribution in [0.3, 0.4) is 0 Å². The van der Waals surface area contributed by atoms with E-state index in [1.165, 1.54) is 11.0 Å². The maximum atomic E-state index is 11.9. The zero-order valence-corrected chi connectivity index (χ0v) is 11.9. The predicted molar refractivity (Wildman–Crippen MR) is 73.8 cm³/mol. The summed E-state index contributed by atoms with van der Waals surface area (Å²) in [7, 11) is -3.08. The molecule has 1 aromatic carbocycles. The Morgan fingerprint density at radius 1 is 1.29 bits per heavy atom. The van der Waals surface area contributed by atoms with Gasteiger partial charge in [-0.1, -0.05) is 18.2 Å². The van der Waals surface area contributed by atoms with Crippen molar-refractivity contribution in [1.29, 1.82) is 0 Å². The Labute approximate surface area is 121 Å². The van der Waals surface area contributed by atoms with Gasteiger partial charge in [0.15, 0.2) is 15.5 Å². The Hall–Kier alpha value is -2.22. The number of carbonyl (C=O) groups excluding carboxylic acids is 1. The summed E-state index contributed by atoms with van der Waals surface area (Å²) >= 11 is 0. The van der Waals surface area contributed by atoms with E-state index >= 15 is 0 Å². The molecule has 0 unspecified atom stereocenters. The van der Waals surface area contributed by atoms with Crippen molar-refractivity contribution in [3.05, 3.63) is 42.2 Å². The first-order chi connectivity index (χ1) is 10.0. The predicted octanol–water partition coefficient (Wildman–Crippen LogP) is 0.611. The highest BCUT2D eigenvalue weighted by Crippen LogP contribution is 2.16. The number of rotatable bonds is 3. The number of esters is 1. The van der Waals surface area contributed by atoms with Gasteiger partial charge in [-0.2, -0.15) is 9.90 Å². The number of benzene rings is 1. The fraction of sp³-hybridized carbons (Fsp3) is 0.308. The summed E-state index contributed by atoms with van der Waals surface area (Å²) in [6.45, 7) is 0. The van der Waals surface area contributed by atoms with Crippen molar-refractivity contribution in [2.24, 2.45) is 0 Å². The van der Waals surface area contributed by atoms with Gasteiger partial charge in [-0.05, 0) is 18.6 Å². The zero-order chi connectivity index (χ0) is 14.9. The lowest BCUT2D eigenvalue weighted by Gasteiger charge is -2.07. The first kappa shape index (κ1) is 13.7. The first-order valence-electron chi connectivity index (χ1n) is 6.43. The van der Waals surface area contributed by atoms with Crippen molar-refractivity contribution in [1.82, 2.24) is 15.0 Å². The molecule has 3 rings (SSSR count). The van der Waals surface area contributed by atoms with Gasteiger partial charge < -0.3 is 4.74 Å². The van der Waals surface area contributed by atoms with Gasteiger partial charge in [-0.3, -0.25) is 0 Å². The second kappa shape index (κ2) is 5.28. The lowest BCUT2D eigenvalue weighted by molar-refractivity contribution is 0.0348. The lowest BCUT2D eigenvalue weighted by atomic mass is 10.3. The van der Waals surface area contributed by atoms with Crippen molar-refractivity contribution in [3.8, 4) is 5.69 Å². The summed E-state index contributed by atoms with van der Waals surface area (Å²) in [4.78, 5) is 13.2. The Bertz CT molecular complexity index is 755. The molecule has 7 nitrogen and oxygen atoms in total. The number of aromatic nitrogens is 3. The molecule has 2 aromatic rings. The molecule has 1 aromatic heterocycles. The van der Waals surface area contributed by atoms with Gasteiger partial charge >= 0.3 is 5.97 Å². The molecule has 0 N–H and O–H groups in total. The van der Waals surface area contributed by atoms with Crippen LogP contribution in [0.15, 0.2) is 36.5 Å². The van der Waals surface area contributed by atoms with Crippen LogP contribution in [0.2, 0.25) is 0 Å². The SMILES string of the molecule is O=C(O[C@H]1CCS(=O)(=O)C1)c1cnn(-c2ccccc2)n1. The van der Waals surface area contributed by atoms with E-state index in [9.17, 15) is 13.2 Å². The van der Waals surface area contributed by atoms with Crippen LogP contribution in [0.5, 0.6) is 0 Å².